The summed E-state index contributed by atoms with van der Waals surface area (Å²) in [5, 5.41) is 5.30. The number of primary amides is 1. The van der Waals surface area contributed by atoms with Crippen LogP contribution in [-0.2, 0) is 21.4 Å². The highest BCUT2D eigenvalue weighted by Gasteiger charge is 2.29. The average molecular weight is 725 g/mol. The number of nitrogens with zero attached hydrogens (tertiary/aromatic N) is 2. The predicted molar refractivity (Wildman–Crippen MR) is 194 cm³/mol. The van der Waals surface area contributed by atoms with Crippen molar-refractivity contribution in [1.82, 2.24) is 4.90 Å². The third kappa shape index (κ3) is 10.2. The van der Waals surface area contributed by atoms with Gasteiger partial charge in [0.15, 0.2) is 0 Å². The van der Waals surface area contributed by atoms with Gasteiger partial charge in [0.1, 0.15) is 17.3 Å². The van der Waals surface area contributed by atoms with E-state index in [9.17, 15) is 27.2 Å². The number of ether oxygens (including phenoxy) is 1. The van der Waals surface area contributed by atoms with Crippen molar-refractivity contribution in [3.63, 3.8) is 0 Å². The Morgan fingerprint density at radius 1 is 0.920 bits per heavy atom. The largest absolute Gasteiger partial charge is 0.457 e. The Bertz CT molecular complexity index is 1940. The van der Waals surface area contributed by atoms with Crippen molar-refractivity contribution < 1.29 is 31.9 Å². The minimum Gasteiger partial charge on any atom is -0.457 e. The summed E-state index contributed by atoms with van der Waals surface area (Å²) in [6, 6.07) is 24.6. The molecule has 5 rings (SSSR count). The molecule has 1 aliphatic rings. The van der Waals surface area contributed by atoms with Crippen molar-refractivity contribution in [2.45, 2.75) is 32.4 Å². The molecule has 4 aromatic carbocycles. The van der Waals surface area contributed by atoms with Gasteiger partial charge in [-0.25, -0.2) is 17.6 Å². The summed E-state index contributed by atoms with van der Waals surface area (Å²) in [6.07, 6.45) is 2.43. The van der Waals surface area contributed by atoms with Gasteiger partial charge in [-0.1, -0.05) is 30.3 Å². The number of nitrogens with one attached hydrogen (secondary N) is 3. The Labute approximate surface area is 296 Å². The number of urea groups is 1. The van der Waals surface area contributed by atoms with Crippen molar-refractivity contribution in [3.05, 3.63) is 108 Å². The molecule has 264 valence electrons. The molecule has 5 N–H and O–H groups in total. The fraction of sp³-hybridized carbons (Fsp3) is 0.229. The molecule has 0 unspecified atom stereocenters. The maximum atomic E-state index is 14.2. The first-order valence-electron chi connectivity index (χ1n) is 15.5. The third-order valence-corrected chi connectivity index (χ3v) is 8.42. The van der Waals surface area contributed by atoms with Crippen LogP contribution in [0, 0.1) is 5.82 Å². The molecule has 0 radical (unpaired) electrons. The molecule has 0 aromatic heterocycles. The molecule has 4 aromatic rings. The summed E-state index contributed by atoms with van der Waals surface area (Å²) in [4.78, 5) is 41.2. The molecular formula is C35H38ClFN6O6S. The minimum absolute atomic E-state index is 0. The number of amides is 4. The van der Waals surface area contributed by atoms with Gasteiger partial charge < -0.3 is 21.1 Å². The number of hydrogen-bond acceptors (Lipinski definition) is 7. The van der Waals surface area contributed by atoms with Crippen LogP contribution in [0.1, 0.15) is 35.7 Å². The molecule has 15 heteroatoms. The van der Waals surface area contributed by atoms with Crippen LogP contribution in [0.3, 0.4) is 0 Å². The second-order valence-electron chi connectivity index (χ2n) is 11.7. The number of nitrogens with two attached hydrogens (primary N) is 1. The Morgan fingerprint density at radius 2 is 1.58 bits per heavy atom. The van der Waals surface area contributed by atoms with Crippen LogP contribution >= 0.6 is 12.4 Å². The number of rotatable bonds is 11. The molecule has 0 saturated carbocycles. The van der Waals surface area contributed by atoms with Gasteiger partial charge in [-0.3, -0.25) is 24.1 Å². The summed E-state index contributed by atoms with van der Waals surface area (Å²) in [5.41, 5.74) is 7.86. The van der Waals surface area contributed by atoms with Gasteiger partial charge in [-0.2, -0.15) is 0 Å². The molecule has 12 nitrogen and oxygen atoms in total. The smallest absolute Gasteiger partial charge is 0.326 e. The number of para-hydroxylation sites is 1. The van der Waals surface area contributed by atoms with Crippen LogP contribution in [0.15, 0.2) is 91.0 Å². The molecule has 0 aliphatic carbocycles. The van der Waals surface area contributed by atoms with E-state index in [1.807, 2.05) is 42.5 Å². The van der Waals surface area contributed by atoms with Gasteiger partial charge in [-0.05, 0) is 79.1 Å². The van der Waals surface area contributed by atoms with E-state index in [2.05, 4.69) is 20.3 Å². The van der Waals surface area contributed by atoms with Gasteiger partial charge in [0.2, 0.25) is 15.9 Å². The van der Waals surface area contributed by atoms with Crippen LogP contribution < -0.4 is 30.7 Å². The second kappa shape index (κ2) is 16.5. The first-order chi connectivity index (χ1) is 23.3. The lowest BCUT2D eigenvalue weighted by Gasteiger charge is -2.38. The SMILES string of the molecule is CC(=O)Nc1cc(NC(=O)N(c2ccccc2)C2CCN(Cc3ccc(Oc4ccc(NS(C)(=O)=O)cc4C(N)=O)cc3)CC2)ccc1F.Cl. The molecule has 0 bridgehead atoms. The maximum absolute atomic E-state index is 14.2. The average Bonchev–Trinajstić information content (AvgIpc) is 3.05. The van der Waals surface area contributed by atoms with Crippen molar-refractivity contribution in [2.75, 3.05) is 39.6 Å². The lowest BCUT2D eigenvalue weighted by atomic mass is 10.0. The zero-order valence-electron chi connectivity index (χ0n) is 27.4. The molecule has 0 spiro atoms. The van der Waals surface area contributed by atoms with Crippen molar-refractivity contribution in [1.29, 1.82) is 0 Å². The highest BCUT2D eigenvalue weighted by molar-refractivity contribution is 7.92. The van der Waals surface area contributed by atoms with E-state index >= 15 is 0 Å². The Kier molecular flexibility index (Phi) is 12.4. The first-order valence-corrected chi connectivity index (χ1v) is 17.4. The molecule has 1 aliphatic heterocycles. The standard InChI is InChI=1S/C35H37FN6O6S.ClH/c1-23(43)38-32-21-25(10-14-31(32)36)39-35(45)42(27-6-4-3-5-7-27)28-16-18-41(19-17-28)22-24-8-12-29(13-9-24)48-33-15-11-26(40-49(2,46)47)20-30(33)34(37)44;/h3-15,20-21,28,40H,16-19,22H2,1-2H3,(H2,37,44)(H,38,43)(H,39,45);1H. The lowest BCUT2D eigenvalue weighted by molar-refractivity contribution is -0.114. The summed E-state index contributed by atoms with van der Waals surface area (Å²) in [6.45, 7) is 3.42. The maximum Gasteiger partial charge on any atom is 0.326 e. The van der Waals surface area contributed by atoms with Gasteiger partial charge in [0, 0.05) is 49.7 Å². The Hall–Kier alpha value is -5.18. The summed E-state index contributed by atoms with van der Waals surface area (Å²) in [5.74, 6) is -1.11. The van der Waals surface area contributed by atoms with Crippen molar-refractivity contribution in [3.8, 4) is 11.5 Å². The fourth-order valence-electron chi connectivity index (χ4n) is 5.63. The van der Waals surface area contributed by atoms with E-state index in [0.717, 1.165) is 30.6 Å². The van der Waals surface area contributed by atoms with E-state index in [1.54, 1.807) is 17.0 Å². The normalized spacial score (nSPS) is 13.4. The van der Waals surface area contributed by atoms with Crippen LogP contribution in [0.4, 0.5) is 31.9 Å². The van der Waals surface area contributed by atoms with Gasteiger partial charge in [-0.15, -0.1) is 12.4 Å². The number of piperidine rings is 1. The molecule has 50 heavy (non-hydrogen) atoms. The number of sulfonamides is 1. The van der Waals surface area contributed by atoms with E-state index in [-0.39, 0.29) is 47.2 Å². The number of carbonyl (C=O) groups excluding carboxylic acids is 3. The Morgan fingerprint density at radius 3 is 2.20 bits per heavy atom. The zero-order chi connectivity index (χ0) is 35.1. The number of benzene rings is 4. The Balaban J connectivity index is 0.00000562. The monoisotopic (exact) mass is 724 g/mol. The van der Waals surface area contributed by atoms with Crippen LogP contribution in [0.25, 0.3) is 0 Å². The van der Waals surface area contributed by atoms with Crippen molar-refractivity contribution in [2.24, 2.45) is 5.73 Å². The summed E-state index contributed by atoms with van der Waals surface area (Å²) < 4.78 is 45.6. The fourth-order valence-corrected chi connectivity index (χ4v) is 6.18. The highest BCUT2D eigenvalue weighted by Crippen LogP contribution is 2.30. The van der Waals surface area contributed by atoms with E-state index in [1.165, 1.54) is 43.3 Å². The molecule has 0 atom stereocenters. The molecule has 1 saturated heterocycles. The number of hydrogen-bond donors (Lipinski definition) is 4. The van der Waals surface area contributed by atoms with Gasteiger partial charge in [0.05, 0.1) is 17.5 Å². The van der Waals surface area contributed by atoms with E-state index < -0.39 is 27.7 Å². The van der Waals surface area contributed by atoms with E-state index in [4.69, 9.17) is 10.5 Å². The number of likely N-dealkylation sites (tertiary alicyclic amines) is 1. The predicted octanol–water partition coefficient (Wildman–Crippen LogP) is 6.17. The lowest BCUT2D eigenvalue weighted by Crippen LogP contribution is -2.49. The molecular weight excluding hydrogens is 687 g/mol. The van der Waals surface area contributed by atoms with Crippen LogP contribution in [0.2, 0.25) is 0 Å². The van der Waals surface area contributed by atoms with Gasteiger partial charge in [0.25, 0.3) is 5.91 Å². The second-order valence-corrected chi connectivity index (χ2v) is 13.5. The number of carbonyl (C=O) groups is 3. The molecule has 1 fully saturated rings. The summed E-state index contributed by atoms with van der Waals surface area (Å²) >= 11 is 0. The molecule has 4 amide bonds. The topological polar surface area (TPSA) is 163 Å². The van der Waals surface area contributed by atoms with Crippen molar-refractivity contribution >= 4 is 63.0 Å². The van der Waals surface area contributed by atoms with Gasteiger partial charge >= 0.3 is 6.03 Å². The third-order valence-electron chi connectivity index (χ3n) is 7.81. The van der Waals surface area contributed by atoms with E-state index in [0.29, 0.717) is 30.8 Å². The van der Waals surface area contributed by atoms with Crippen LogP contribution in [-0.4, -0.2) is 56.6 Å². The number of anilines is 4. The quantitative estimate of drug-likeness (QED) is 0.144. The molecule has 1 heterocycles. The van der Waals surface area contributed by atoms with Crippen LogP contribution in [0.5, 0.6) is 11.5 Å². The summed E-state index contributed by atoms with van der Waals surface area (Å²) in [7, 11) is -3.54. The first kappa shape index (κ1) is 37.6. The minimum atomic E-state index is -3.54. The zero-order valence-corrected chi connectivity index (χ0v) is 29.0. The number of halogens is 2. The highest BCUT2D eigenvalue weighted by atomic mass is 35.5.